The van der Waals surface area contributed by atoms with E-state index in [4.69, 9.17) is 10.5 Å². The molecule has 9 nitrogen and oxygen atoms in total. The Hall–Kier alpha value is -3.40. The smallest absolute Gasteiger partial charge is 0.260 e. The van der Waals surface area contributed by atoms with E-state index in [0.717, 1.165) is 16.8 Å². The number of benzene rings is 2. The van der Waals surface area contributed by atoms with Crippen molar-refractivity contribution >= 4 is 29.3 Å². The Morgan fingerprint density at radius 3 is 2.80 bits per heavy atom. The molecule has 1 aliphatic rings. The average molecular weight is 424 g/mol. The predicted octanol–water partition coefficient (Wildman–Crippen LogP) is 1.65. The number of carbonyl (C=O) groups excluding carboxylic acids is 2. The zero-order valence-electron chi connectivity index (χ0n) is 16.5. The van der Waals surface area contributed by atoms with Gasteiger partial charge in [-0.1, -0.05) is 36.0 Å². The molecule has 0 radical (unpaired) electrons. The predicted molar refractivity (Wildman–Crippen MR) is 112 cm³/mol. The Labute approximate surface area is 177 Å². The minimum absolute atomic E-state index is 0.0632. The molecule has 1 aliphatic heterocycles. The van der Waals surface area contributed by atoms with E-state index in [-0.39, 0.29) is 18.2 Å². The van der Waals surface area contributed by atoms with Crippen molar-refractivity contribution in [2.45, 2.75) is 25.1 Å². The van der Waals surface area contributed by atoms with Crippen LogP contribution in [-0.4, -0.2) is 50.4 Å². The van der Waals surface area contributed by atoms with Gasteiger partial charge in [-0.25, -0.2) is 0 Å². The third kappa shape index (κ3) is 3.86. The number of ether oxygens (including phenoxy) is 1. The number of primary amides is 1. The summed E-state index contributed by atoms with van der Waals surface area (Å²) in [6.07, 6.45) is -0.894. The van der Waals surface area contributed by atoms with Crippen LogP contribution in [-0.2, 0) is 9.59 Å². The van der Waals surface area contributed by atoms with E-state index >= 15 is 0 Å². The molecule has 0 bridgehead atoms. The molecule has 10 heteroatoms. The first-order valence-corrected chi connectivity index (χ1v) is 10.3. The van der Waals surface area contributed by atoms with Crippen LogP contribution in [0.4, 0.5) is 5.69 Å². The summed E-state index contributed by atoms with van der Waals surface area (Å²) < 4.78 is 7.24. The second-order valence-corrected chi connectivity index (χ2v) is 7.88. The maximum absolute atomic E-state index is 13.0. The summed E-state index contributed by atoms with van der Waals surface area (Å²) >= 11 is 1.23. The monoisotopic (exact) mass is 424 g/mol. The van der Waals surface area contributed by atoms with Crippen LogP contribution in [0.1, 0.15) is 11.1 Å². The number of para-hydroxylation sites is 2. The number of hydrogen-bond acceptors (Lipinski definition) is 7. The third-order valence-corrected chi connectivity index (χ3v) is 5.65. The number of thioether (sulfide) groups is 1. The molecule has 1 atom stereocenters. The van der Waals surface area contributed by atoms with Crippen LogP contribution in [0.5, 0.6) is 5.75 Å². The number of fused-ring (bicyclic) bond motifs is 1. The van der Waals surface area contributed by atoms with Gasteiger partial charge in [-0.05, 0) is 53.6 Å². The fraction of sp³-hybridized carbons (Fsp3) is 0.250. The van der Waals surface area contributed by atoms with Crippen LogP contribution in [0.25, 0.3) is 5.69 Å². The lowest BCUT2D eigenvalue weighted by molar-refractivity contribution is -0.125. The van der Waals surface area contributed by atoms with Crippen LogP contribution < -0.4 is 15.4 Å². The minimum atomic E-state index is -0.894. The van der Waals surface area contributed by atoms with Crippen molar-refractivity contribution in [3.8, 4) is 11.4 Å². The SMILES string of the molecule is Cc1ccc(C)c(-n2nnnc2SCC(=O)N2CC(C(N)=O)Oc3ccccc32)c1. The normalized spacial score (nSPS) is 15.4. The van der Waals surface area contributed by atoms with Crippen molar-refractivity contribution in [2.24, 2.45) is 5.73 Å². The lowest BCUT2D eigenvalue weighted by atomic mass is 10.1. The molecule has 0 aliphatic carbocycles. The largest absolute Gasteiger partial charge is 0.477 e. The standard InChI is InChI=1S/C20H20N6O3S/c1-12-7-8-13(2)15(9-12)26-20(22-23-24-26)30-11-18(27)25-10-17(19(21)28)29-16-6-4-3-5-14(16)25/h3-9,17H,10-11H2,1-2H3,(H2,21,28). The molecule has 0 fully saturated rings. The molecule has 154 valence electrons. The highest BCUT2D eigenvalue weighted by Gasteiger charge is 2.32. The van der Waals surface area contributed by atoms with E-state index in [1.807, 2.05) is 32.0 Å². The molecule has 1 aromatic heterocycles. The highest BCUT2D eigenvalue weighted by atomic mass is 32.2. The van der Waals surface area contributed by atoms with Crippen molar-refractivity contribution in [3.63, 3.8) is 0 Å². The Kier molecular flexibility index (Phi) is 5.40. The topological polar surface area (TPSA) is 116 Å². The number of tetrazole rings is 1. The number of aromatic nitrogens is 4. The van der Waals surface area contributed by atoms with Crippen molar-refractivity contribution in [3.05, 3.63) is 53.6 Å². The zero-order chi connectivity index (χ0) is 21.3. The summed E-state index contributed by atoms with van der Waals surface area (Å²) in [5.74, 6) is -0.275. The van der Waals surface area contributed by atoms with Gasteiger partial charge in [0.05, 0.1) is 23.7 Å². The molecule has 30 heavy (non-hydrogen) atoms. The van der Waals surface area contributed by atoms with E-state index in [1.54, 1.807) is 28.9 Å². The Morgan fingerprint density at radius 1 is 1.20 bits per heavy atom. The molecular weight excluding hydrogens is 404 g/mol. The van der Waals surface area contributed by atoms with Crippen LogP contribution in [0.15, 0.2) is 47.6 Å². The first-order valence-electron chi connectivity index (χ1n) is 9.28. The van der Waals surface area contributed by atoms with E-state index in [2.05, 4.69) is 15.5 Å². The zero-order valence-corrected chi connectivity index (χ0v) is 17.3. The number of anilines is 1. The van der Waals surface area contributed by atoms with Crippen molar-refractivity contribution in [1.82, 2.24) is 20.2 Å². The average Bonchev–Trinajstić information content (AvgIpc) is 3.21. The van der Waals surface area contributed by atoms with E-state index < -0.39 is 12.0 Å². The van der Waals surface area contributed by atoms with Crippen molar-refractivity contribution < 1.29 is 14.3 Å². The van der Waals surface area contributed by atoms with Gasteiger partial charge in [-0.2, -0.15) is 4.68 Å². The van der Waals surface area contributed by atoms with E-state index in [1.165, 1.54) is 16.7 Å². The Bertz CT molecular complexity index is 1120. The van der Waals surface area contributed by atoms with Gasteiger partial charge < -0.3 is 15.4 Å². The molecule has 2 heterocycles. The summed E-state index contributed by atoms with van der Waals surface area (Å²) in [4.78, 5) is 26.2. The minimum Gasteiger partial charge on any atom is -0.477 e. The summed E-state index contributed by atoms with van der Waals surface area (Å²) in [6.45, 7) is 4.03. The number of amides is 2. The number of rotatable bonds is 5. The molecule has 0 saturated heterocycles. The van der Waals surface area contributed by atoms with Gasteiger partial charge in [0.15, 0.2) is 6.10 Å². The first kappa shape index (κ1) is 19.9. The lowest BCUT2D eigenvalue weighted by Crippen LogP contribution is -2.49. The van der Waals surface area contributed by atoms with Gasteiger partial charge in [0, 0.05) is 0 Å². The van der Waals surface area contributed by atoms with E-state index in [9.17, 15) is 9.59 Å². The molecule has 0 saturated carbocycles. The molecule has 2 N–H and O–H groups in total. The fourth-order valence-electron chi connectivity index (χ4n) is 3.19. The van der Waals surface area contributed by atoms with Crippen LogP contribution in [0.2, 0.25) is 0 Å². The first-order chi connectivity index (χ1) is 14.4. The summed E-state index contributed by atoms with van der Waals surface area (Å²) in [7, 11) is 0. The summed E-state index contributed by atoms with van der Waals surface area (Å²) in [6, 6.07) is 13.1. The van der Waals surface area contributed by atoms with Crippen LogP contribution in [0.3, 0.4) is 0 Å². The summed E-state index contributed by atoms with van der Waals surface area (Å²) in [5.41, 5.74) is 8.98. The molecule has 4 rings (SSSR count). The number of aryl methyl sites for hydroxylation is 2. The third-order valence-electron chi connectivity index (χ3n) is 4.75. The molecule has 2 aromatic carbocycles. The Balaban J connectivity index is 1.54. The number of hydrogen-bond donors (Lipinski definition) is 1. The van der Waals surface area contributed by atoms with Gasteiger partial charge in [0.2, 0.25) is 11.1 Å². The second-order valence-electron chi connectivity index (χ2n) is 6.93. The van der Waals surface area contributed by atoms with Gasteiger partial charge in [0.25, 0.3) is 5.91 Å². The van der Waals surface area contributed by atoms with Gasteiger partial charge in [-0.3, -0.25) is 9.59 Å². The molecule has 0 spiro atoms. The van der Waals surface area contributed by atoms with Crippen LogP contribution >= 0.6 is 11.8 Å². The lowest BCUT2D eigenvalue weighted by Gasteiger charge is -2.33. The van der Waals surface area contributed by atoms with Crippen molar-refractivity contribution in [1.29, 1.82) is 0 Å². The van der Waals surface area contributed by atoms with Crippen molar-refractivity contribution in [2.75, 3.05) is 17.2 Å². The summed E-state index contributed by atoms with van der Waals surface area (Å²) in [5, 5.41) is 12.4. The second kappa shape index (κ2) is 8.15. The molecular formula is C20H20N6O3S. The fourth-order valence-corrected chi connectivity index (χ4v) is 3.95. The van der Waals surface area contributed by atoms with E-state index in [0.29, 0.717) is 16.6 Å². The molecule has 3 aromatic rings. The maximum atomic E-state index is 13.0. The highest BCUT2D eigenvalue weighted by Crippen LogP contribution is 2.34. The Morgan fingerprint density at radius 2 is 2.00 bits per heavy atom. The maximum Gasteiger partial charge on any atom is 0.260 e. The van der Waals surface area contributed by atoms with Gasteiger partial charge >= 0.3 is 0 Å². The van der Waals surface area contributed by atoms with Crippen LogP contribution in [0, 0.1) is 13.8 Å². The molecule has 2 amide bonds. The quantitative estimate of drug-likeness (QED) is 0.619. The van der Waals surface area contributed by atoms with Gasteiger partial charge in [0.1, 0.15) is 5.75 Å². The van der Waals surface area contributed by atoms with Gasteiger partial charge in [-0.15, -0.1) is 5.10 Å². The molecule has 1 unspecified atom stereocenters. The highest BCUT2D eigenvalue weighted by molar-refractivity contribution is 7.99. The number of carbonyl (C=O) groups is 2. The number of nitrogens with two attached hydrogens (primary N) is 1. The number of nitrogens with zero attached hydrogens (tertiary/aromatic N) is 5.